The van der Waals surface area contributed by atoms with E-state index in [9.17, 15) is 4.79 Å². The van der Waals surface area contributed by atoms with E-state index in [0.717, 1.165) is 4.47 Å². The van der Waals surface area contributed by atoms with Crippen LogP contribution in [0.2, 0.25) is 0 Å². The summed E-state index contributed by atoms with van der Waals surface area (Å²) in [5, 5.41) is 2.99. The van der Waals surface area contributed by atoms with Crippen molar-refractivity contribution in [3.63, 3.8) is 0 Å². The summed E-state index contributed by atoms with van der Waals surface area (Å²) in [5.41, 5.74) is 6.87. The van der Waals surface area contributed by atoms with Crippen molar-refractivity contribution < 1.29 is 4.79 Å². The molecular formula is C15H23BrN2O. The molecule has 19 heavy (non-hydrogen) atoms. The third kappa shape index (κ3) is 4.53. The van der Waals surface area contributed by atoms with E-state index in [1.807, 2.05) is 6.07 Å². The van der Waals surface area contributed by atoms with Crippen molar-refractivity contribution >= 4 is 27.5 Å². The number of halogens is 1. The Bertz CT molecular complexity index is 436. The lowest BCUT2D eigenvalue weighted by molar-refractivity contribution is 0.0938. The molecule has 0 aliphatic carbocycles. The summed E-state index contributed by atoms with van der Waals surface area (Å²) in [6.07, 6.45) is 0. The molecular weight excluding hydrogens is 304 g/mol. The molecule has 3 nitrogen and oxygen atoms in total. The second-order valence-corrected chi connectivity index (χ2v) is 6.51. The van der Waals surface area contributed by atoms with Crippen molar-refractivity contribution in [2.45, 2.75) is 27.7 Å². The van der Waals surface area contributed by atoms with Gasteiger partial charge in [-0.15, -0.1) is 0 Å². The van der Waals surface area contributed by atoms with Crippen LogP contribution >= 0.6 is 15.9 Å². The Morgan fingerprint density at radius 1 is 1.26 bits per heavy atom. The third-order valence-corrected chi connectivity index (χ3v) is 3.96. The van der Waals surface area contributed by atoms with Crippen LogP contribution in [0.3, 0.4) is 0 Å². The lowest BCUT2D eigenvalue weighted by atomic mass is 9.85. The standard InChI is InChI=1S/C15H23BrN2O/c1-9(2)13(10(3)4)8-18-15(19)12-7-11(16)5-6-14(12)17/h5-7,9-10,13H,8,17H2,1-4H3,(H,18,19). The summed E-state index contributed by atoms with van der Waals surface area (Å²) >= 11 is 3.36. The topological polar surface area (TPSA) is 55.1 Å². The van der Waals surface area contributed by atoms with E-state index in [0.29, 0.717) is 35.5 Å². The summed E-state index contributed by atoms with van der Waals surface area (Å²) < 4.78 is 0.858. The van der Waals surface area contributed by atoms with Gasteiger partial charge in [-0.3, -0.25) is 4.79 Å². The summed E-state index contributed by atoms with van der Waals surface area (Å²) in [5.74, 6) is 1.45. The van der Waals surface area contributed by atoms with Gasteiger partial charge in [-0.1, -0.05) is 43.6 Å². The maximum Gasteiger partial charge on any atom is 0.253 e. The SMILES string of the molecule is CC(C)C(CNC(=O)c1cc(Br)ccc1N)C(C)C. The maximum absolute atomic E-state index is 12.2. The Balaban J connectivity index is 2.72. The van der Waals surface area contributed by atoms with Crippen molar-refractivity contribution in [2.24, 2.45) is 17.8 Å². The van der Waals surface area contributed by atoms with Gasteiger partial charge in [0.25, 0.3) is 5.91 Å². The number of nitrogens with one attached hydrogen (secondary N) is 1. The van der Waals surface area contributed by atoms with E-state index in [4.69, 9.17) is 5.73 Å². The number of amides is 1. The van der Waals surface area contributed by atoms with E-state index in [2.05, 4.69) is 48.9 Å². The smallest absolute Gasteiger partial charge is 0.253 e. The molecule has 0 aliphatic heterocycles. The zero-order valence-corrected chi connectivity index (χ0v) is 13.6. The van der Waals surface area contributed by atoms with Gasteiger partial charge in [-0.25, -0.2) is 0 Å². The van der Waals surface area contributed by atoms with Gasteiger partial charge in [0.05, 0.1) is 5.56 Å². The monoisotopic (exact) mass is 326 g/mol. The molecule has 0 aromatic heterocycles. The normalized spacial score (nSPS) is 11.4. The molecule has 0 heterocycles. The molecule has 1 aromatic carbocycles. The number of carbonyl (C=O) groups is 1. The van der Waals surface area contributed by atoms with Crippen LogP contribution < -0.4 is 11.1 Å². The molecule has 4 heteroatoms. The van der Waals surface area contributed by atoms with Crippen molar-refractivity contribution in [1.82, 2.24) is 5.32 Å². The fourth-order valence-corrected chi connectivity index (χ4v) is 2.63. The van der Waals surface area contributed by atoms with Crippen molar-refractivity contribution in [3.8, 4) is 0 Å². The number of benzene rings is 1. The molecule has 1 aromatic rings. The molecule has 0 saturated carbocycles. The first-order valence-electron chi connectivity index (χ1n) is 6.66. The summed E-state index contributed by atoms with van der Waals surface area (Å²) in [4.78, 5) is 12.2. The highest BCUT2D eigenvalue weighted by molar-refractivity contribution is 9.10. The van der Waals surface area contributed by atoms with Gasteiger partial charge in [0.2, 0.25) is 0 Å². The molecule has 0 saturated heterocycles. The Kier molecular flexibility index (Phi) is 5.85. The Hall–Kier alpha value is -1.03. The van der Waals surface area contributed by atoms with Crippen LogP contribution in [0, 0.1) is 17.8 Å². The molecule has 0 atom stereocenters. The first kappa shape index (κ1) is 16.0. The molecule has 0 unspecified atom stereocenters. The quantitative estimate of drug-likeness (QED) is 0.811. The Morgan fingerprint density at radius 2 is 1.84 bits per heavy atom. The Morgan fingerprint density at radius 3 is 2.37 bits per heavy atom. The van der Waals surface area contributed by atoms with Gasteiger partial charge < -0.3 is 11.1 Å². The van der Waals surface area contributed by atoms with Crippen molar-refractivity contribution in [2.75, 3.05) is 12.3 Å². The number of rotatable bonds is 5. The summed E-state index contributed by atoms with van der Waals surface area (Å²) in [6, 6.07) is 5.32. The fraction of sp³-hybridized carbons (Fsp3) is 0.533. The second-order valence-electron chi connectivity index (χ2n) is 5.59. The minimum Gasteiger partial charge on any atom is -0.398 e. The van der Waals surface area contributed by atoms with Crippen LogP contribution in [0.5, 0.6) is 0 Å². The van der Waals surface area contributed by atoms with Crippen LogP contribution in [0.15, 0.2) is 22.7 Å². The van der Waals surface area contributed by atoms with Gasteiger partial charge in [-0.05, 0) is 36.0 Å². The molecule has 1 rings (SSSR count). The van der Waals surface area contributed by atoms with Gasteiger partial charge in [0.15, 0.2) is 0 Å². The minimum atomic E-state index is -0.106. The van der Waals surface area contributed by atoms with Crippen LogP contribution in [0.1, 0.15) is 38.1 Å². The van der Waals surface area contributed by atoms with Gasteiger partial charge in [0.1, 0.15) is 0 Å². The van der Waals surface area contributed by atoms with Crippen LogP contribution in [0.4, 0.5) is 5.69 Å². The predicted octanol–water partition coefficient (Wildman–Crippen LogP) is 3.69. The maximum atomic E-state index is 12.2. The van der Waals surface area contributed by atoms with Gasteiger partial charge >= 0.3 is 0 Å². The lowest BCUT2D eigenvalue weighted by Crippen LogP contribution is -2.34. The van der Waals surface area contributed by atoms with E-state index in [1.165, 1.54) is 0 Å². The number of hydrogen-bond acceptors (Lipinski definition) is 2. The molecule has 3 N–H and O–H groups in total. The average Bonchev–Trinajstić information content (AvgIpc) is 2.31. The van der Waals surface area contributed by atoms with Gasteiger partial charge in [-0.2, -0.15) is 0 Å². The predicted molar refractivity (Wildman–Crippen MR) is 84.1 cm³/mol. The lowest BCUT2D eigenvalue weighted by Gasteiger charge is -2.25. The Labute approximate surface area is 124 Å². The highest BCUT2D eigenvalue weighted by Crippen LogP contribution is 2.21. The highest BCUT2D eigenvalue weighted by atomic mass is 79.9. The third-order valence-electron chi connectivity index (χ3n) is 3.47. The van der Waals surface area contributed by atoms with E-state index in [-0.39, 0.29) is 5.91 Å². The first-order valence-corrected chi connectivity index (χ1v) is 7.45. The zero-order chi connectivity index (χ0) is 14.6. The molecule has 106 valence electrons. The first-order chi connectivity index (χ1) is 8.82. The number of carbonyl (C=O) groups excluding carboxylic acids is 1. The average molecular weight is 327 g/mol. The summed E-state index contributed by atoms with van der Waals surface area (Å²) in [7, 11) is 0. The van der Waals surface area contributed by atoms with Crippen molar-refractivity contribution in [3.05, 3.63) is 28.2 Å². The van der Waals surface area contributed by atoms with E-state index < -0.39 is 0 Å². The number of nitrogen functional groups attached to an aromatic ring is 1. The van der Waals surface area contributed by atoms with Crippen LogP contribution in [-0.2, 0) is 0 Å². The number of nitrogens with two attached hydrogens (primary N) is 1. The highest BCUT2D eigenvalue weighted by Gasteiger charge is 2.19. The molecule has 0 aliphatic rings. The fourth-order valence-electron chi connectivity index (χ4n) is 2.27. The second kappa shape index (κ2) is 6.94. The van der Waals surface area contributed by atoms with Crippen LogP contribution in [0.25, 0.3) is 0 Å². The van der Waals surface area contributed by atoms with Crippen molar-refractivity contribution in [1.29, 1.82) is 0 Å². The zero-order valence-electron chi connectivity index (χ0n) is 12.0. The number of hydrogen-bond donors (Lipinski definition) is 2. The van der Waals surface area contributed by atoms with E-state index >= 15 is 0 Å². The minimum absolute atomic E-state index is 0.106. The molecule has 0 spiro atoms. The van der Waals surface area contributed by atoms with Crippen LogP contribution in [-0.4, -0.2) is 12.5 Å². The van der Waals surface area contributed by atoms with Gasteiger partial charge in [0, 0.05) is 16.7 Å². The number of anilines is 1. The largest absolute Gasteiger partial charge is 0.398 e. The molecule has 0 bridgehead atoms. The summed E-state index contributed by atoms with van der Waals surface area (Å²) in [6.45, 7) is 9.42. The molecule has 0 radical (unpaired) electrons. The molecule has 1 amide bonds. The molecule has 0 fully saturated rings. The van der Waals surface area contributed by atoms with E-state index in [1.54, 1.807) is 12.1 Å².